The van der Waals surface area contributed by atoms with Crippen LogP contribution in [0.1, 0.15) is 26.6 Å². The Morgan fingerprint density at radius 2 is 2.22 bits per heavy atom. The average molecular weight is 272 g/mol. The van der Waals surface area contributed by atoms with E-state index in [1.165, 1.54) is 11.8 Å². The van der Waals surface area contributed by atoms with Gasteiger partial charge in [0.1, 0.15) is 5.82 Å². The van der Waals surface area contributed by atoms with Crippen molar-refractivity contribution >= 4 is 17.7 Å². The summed E-state index contributed by atoms with van der Waals surface area (Å²) < 4.78 is 4.84. The van der Waals surface area contributed by atoms with E-state index in [0.717, 1.165) is 5.82 Å². The topological polar surface area (TPSA) is 79.9 Å². The standard InChI is InChI=1S/C11H20N4O2S/c1-11(2,3)9-13-10(15-14-9)18-7-8(16)12-5-6-17-4/h5-7H2,1-4H3,(H,12,16)(H,13,14,15). The lowest BCUT2D eigenvalue weighted by Crippen LogP contribution is -2.28. The molecule has 0 bridgehead atoms. The van der Waals surface area contributed by atoms with Crippen LogP contribution in [-0.2, 0) is 14.9 Å². The highest BCUT2D eigenvalue weighted by molar-refractivity contribution is 7.99. The number of ether oxygens (including phenoxy) is 1. The number of nitrogens with one attached hydrogen (secondary N) is 2. The molecule has 1 rings (SSSR count). The molecule has 1 aromatic heterocycles. The van der Waals surface area contributed by atoms with Gasteiger partial charge in [0.15, 0.2) is 0 Å². The van der Waals surface area contributed by atoms with Crippen molar-refractivity contribution in [2.45, 2.75) is 31.3 Å². The number of nitrogens with zero attached hydrogens (tertiary/aromatic N) is 2. The van der Waals surface area contributed by atoms with Crippen LogP contribution < -0.4 is 5.32 Å². The van der Waals surface area contributed by atoms with Crippen molar-refractivity contribution in [2.75, 3.05) is 26.0 Å². The summed E-state index contributed by atoms with van der Waals surface area (Å²) >= 11 is 1.32. The molecule has 1 heterocycles. The number of hydrogen-bond donors (Lipinski definition) is 2. The van der Waals surface area contributed by atoms with Crippen LogP contribution in [-0.4, -0.2) is 47.1 Å². The molecule has 0 saturated heterocycles. The number of carbonyl (C=O) groups is 1. The Morgan fingerprint density at radius 1 is 1.50 bits per heavy atom. The molecule has 102 valence electrons. The van der Waals surface area contributed by atoms with E-state index in [0.29, 0.717) is 24.1 Å². The molecular weight excluding hydrogens is 252 g/mol. The van der Waals surface area contributed by atoms with Gasteiger partial charge in [-0.25, -0.2) is 4.98 Å². The Labute approximate surface area is 111 Å². The van der Waals surface area contributed by atoms with Crippen molar-refractivity contribution in [3.63, 3.8) is 0 Å². The first kappa shape index (κ1) is 15.0. The Morgan fingerprint density at radius 3 is 2.78 bits per heavy atom. The molecule has 0 saturated carbocycles. The molecule has 2 N–H and O–H groups in total. The molecule has 0 aliphatic carbocycles. The number of methoxy groups -OCH3 is 1. The first-order valence-electron chi connectivity index (χ1n) is 5.75. The van der Waals surface area contributed by atoms with Gasteiger partial charge in [0.2, 0.25) is 11.1 Å². The first-order valence-corrected chi connectivity index (χ1v) is 6.73. The van der Waals surface area contributed by atoms with Crippen LogP contribution in [0, 0.1) is 0 Å². The van der Waals surface area contributed by atoms with Crippen LogP contribution in [0.15, 0.2) is 5.16 Å². The van der Waals surface area contributed by atoms with Crippen LogP contribution in [0.25, 0.3) is 0 Å². The summed E-state index contributed by atoms with van der Waals surface area (Å²) in [6.07, 6.45) is 0. The minimum absolute atomic E-state index is 0.0424. The maximum absolute atomic E-state index is 11.4. The lowest BCUT2D eigenvalue weighted by atomic mass is 9.96. The summed E-state index contributed by atoms with van der Waals surface area (Å²) in [5.74, 6) is 1.09. The molecule has 0 fully saturated rings. The Balaban J connectivity index is 2.35. The SMILES string of the molecule is COCCNC(=O)CSc1n[nH]c(C(C)(C)C)n1. The molecule has 0 aliphatic heterocycles. The van der Waals surface area contributed by atoms with Crippen LogP contribution in [0.4, 0.5) is 0 Å². The zero-order valence-electron chi connectivity index (χ0n) is 11.2. The molecule has 1 aromatic rings. The van der Waals surface area contributed by atoms with Crippen LogP contribution >= 0.6 is 11.8 Å². The summed E-state index contributed by atoms with van der Waals surface area (Å²) in [4.78, 5) is 15.8. The largest absolute Gasteiger partial charge is 0.383 e. The maximum atomic E-state index is 11.4. The Hall–Kier alpha value is -1.08. The third-order valence-corrected chi connectivity index (χ3v) is 2.98. The zero-order chi connectivity index (χ0) is 13.6. The molecule has 7 heteroatoms. The number of carbonyl (C=O) groups excluding carboxylic acids is 1. The molecule has 0 aromatic carbocycles. The van der Waals surface area contributed by atoms with Crippen molar-refractivity contribution < 1.29 is 9.53 Å². The van der Waals surface area contributed by atoms with Gasteiger partial charge in [0.05, 0.1) is 12.4 Å². The molecular formula is C11H20N4O2S. The van der Waals surface area contributed by atoms with Gasteiger partial charge in [0.25, 0.3) is 0 Å². The number of hydrogen-bond acceptors (Lipinski definition) is 5. The van der Waals surface area contributed by atoms with Crippen molar-refractivity contribution in [3.8, 4) is 0 Å². The molecule has 0 aliphatic rings. The van der Waals surface area contributed by atoms with Crippen LogP contribution in [0.3, 0.4) is 0 Å². The highest BCUT2D eigenvalue weighted by Crippen LogP contribution is 2.20. The molecule has 0 spiro atoms. The number of aromatic nitrogens is 3. The molecule has 1 amide bonds. The van der Waals surface area contributed by atoms with Gasteiger partial charge >= 0.3 is 0 Å². The smallest absolute Gasteiger partial charge is 0.230 e. The van der Waals surface area contributed by atoms with Crippen LogP contribution in [0.5, 0.6) is 0 Å². The molecule has 18 heavy (non-hydrogen) atoms. The second kappa shape index (κ2) is 6.75. The maximum Gasteiger partial charge on any atom is 0.230 e. The van der Waals surface area contributed by atoms with Crippen molar-refractivity contribution in [3.05, 3.63) is 5.82 Å². The number of H-pyrrole nitrogens is 1. The van der Waals surface area contributed by atoms with Crippen molar-refractivity contribution in [2.24, 2.45) is 0 Å². The predicted octanol–water partition coefficient (Wildman–Crippen LogP) is 0.957. The van der Waals surface area contributed by atoms with Gasteiger partial charge in [-0.3, -0.25) is 9.89 Å². The summed E-state index contributed by atoms with van der Waals surface area (Å²) in [5.41, 5.74) is -0.0630. The van der Waals surface area contributed by atoms with E-state index in [1.54, 1.807) is 7.11 Å². The highest BCUT2D eigenvalue weighted by atomic mass is 32.2. The van der Waals surface area contributed by atoms with Gasteiger partial charge in [-0.1, -0.05) is 32.5 Å². The van der Waals surface area contributed by atoms with Crippen molar-refractivity contribution in [1.29, 1.82) is 0 Å². The predicted molar refractivity (Wildman–Crippen MR) is 70.7 cm³/mol. The second-order valence-corrected chi connectivity index (χ2v) is 5.79. The lowest BCUT2D eigenvalue weighted by molar-refractivity contribution is -0.118. The number of aromatic amines is 1. The van der Waals surface area contributed by atoms with E-state index in [9.17, 15) is 4.79 Å². The highest BCUT2D eigenvalue weighted by Gasteiger charge is 2.18. The van der Waals surface area contributed by atoms with Crippen LogP contribution in [0.2, 0.25) is 0 Å². The number of rotatable bonds is 6. The Kier molecular flexibility index (Phi) is 5.61. The van der Waals surface area contributed by atoms with E-state index in [4.69, 9.17) is 4.74 Å². The van der Waals surface area contributed by atoms with Gasteiger partial charge < -0.3 is 10.1 Å². The third kappa shape index (κ3) is 5.05. The van der Waals surface area contributed by atoms with Gasteiger partial charge in [0, 0.05) is 19.1 Å². The fourth-order valence-corrected chi connectivity index (χ4v) is 1.75. The summed E-state index contributed by atoms with van der Waals surface area (Å²) in [7, 11) is 1.60. The number of thioether (sulfide) groups is 1. The first-order chi connectivity index (χ1) is 8.43. The molecule has 0 unspecified atom stereocenters. The van der Waals surface area contributed by atoms with Gasteiger partial charge in [-0.15, -0.1) is 5.10 Å². The fraction of sp³-hybridized carbons (Fsp3) is 0.727. The molecule has 6 nitrogen and oxygen atoms in total. The monoisotopic (exact) mass is 272 g/mol. The average Bonchev–Trinajstić information content (AvgIpc) is 2.75. The van der Waals surface area contributed by atoms with E-state index < -0.39 is 0 Å². The summed E-state index contributed by atoms with van der Waals surface area (Å²) in [6, 6.07) is 0. The quantitative estimate of drug-likeness (QED) is 0.595. The normalized spacial score (nSPS) is 11.6. The summed E-state index contributed by atoms with van der Waals surface area (Å²) in [6.45, 7) is 7.21. The third-order valence-electron chi connectivity index (χ3n) is 2.14. The molecule has 0 radical (unpaired) electrons. The second-order valence-electron chi connectivity index (χ2n) is 4.85. The van der Waals surface area contributed by atoms with Crippen molar-refractivity contribution in [1.82, 2.24) is 20.5 Å². The van der Waals surface area contributed by atoms with E-state index in [1.807, 2.05) is 0 Å². The van der Waals surface area contributed by atoms with E-state index in [2.05, 4.69) is 41.3 Å². The van der Waals surface area contributed by atoms with Gasteiger partial charge in [-0.05, 0) is 0 Å². The lowest BCUT2D eigenvalue weighted by Gasteiger charge is -2.12. The van der Waals surface area contributed by atoms with E-state index >= 15 is 0 Å². The zero-order valence-corrected chi connectivity index (χ0v) is 12.1. The minimum Gasteiger partial charge on any atom is -0.383 e. The van der Waals surface area contributed by atoms with Gasteiger partial charge in [-0.2, -0.15) is 0 Å². The summed E-state index contributed by atoms with van der Waals surface area (Å²) in [5, 5.41) is 10.3. The fourth-order valence-electron chi connectivity index (χ4n) is 1.12. The Bertz CT molecular complexity index is 387. The molecule has 0 atom stereocenters. The van der Waals surface area contributed by atoms with E-state index in [-0.39, 0.29) is 11.3 Å². The number of amides is 1. The minimum atomic E-state index is -0.0630.